The van der Waals surface area contributed by atoms with E-state index in [0.29, 0.717) is 6.54 Å². The number of nitrogens with one attached hydrogen (secondary N) is 1. The Labute approximate surface area is 205 Å². The second kappa shape index (κ2) is 12.3. The fourth-order valence-corrected chi connectivity index (χ4v) is 4.19. The van der Waals surface area contributed by atoms with Crippen LogP contribution in [0.1, 0.15) is 23.5 Å². The average Bonchev–Trinajstić information content (AvgIpc) is 3.16. The van der Waals surface area contributed by atoms with Crippen LogP contribution in [0.15, 0.2) is 48.5 Å². The van der Waals surface area contributed by atoms with Crippen molar-refractivity contribution in [1.29, 1.82) is 0 Å². The van der Waals surface area contributed by atoms with Crippen LogP contribution in [0.4, 0.5) is 4.79 Å². The molecule has 2 amide bonds. The maximum absolute atomic E-state index is 12.7. The number of aliphatic carboxylic acids is 1. The number of amides is 2. The molecular weight excluding hydrogens is 450 g/mol. The molecule has 0 bridgehead atoms. The molecule has 1 atom stereocenters. The highest BCUT2D eigenvalue weighted by Crippen LogP contribution is 2.44. The van der Waals surface area contributed by atoms with Crippen molar-refractivity contribution < 1.29 is 29.0 Å². The molecule has 0 radical (unpaired) electrons. The van der Waals surface area contributed by atoms with Crippen molar-refractivity contribution in [2.75, 3.05) is 54.0 Å². The van der Waals surface area contributed by atoms with E-state index in [-0.39, 0.29) is 44.5 Å². The molecule has 188 valence electrons. The summed E-state index contributed by atoms with van der Waals surface area (Å²) in [6, 6.07) is 16.2. The SMILES string of the molecule is COC(CNC(=O)OCC1c2ccccc2-c2ccccc21)CC(=O)N(CCN(C)C)CC(=O)O. The average molecular weight is 484 g/mol. The van der Waals surface area contributed by atoms with Gasteiger partial charge in [0.1, 0.15) is 13.2 Å². The first-order valence-electron chi connectivity index (χ1n) is 11.6. The van der Waals surface area contributed by atoms with E-state index in [1.807, 2.05) is 55.4 Å². The van der Waals surface area contributed by atoms with Gasteiger partial charge in [0.15, 0.2) is 0 Å². The minimum Gasteiger partial charge on any atom is -0.480 e. The van der Waals surface area contributed by atoms with E-state index in [4.69, 9.17) is 14.6 Å². The van der Waals surface area contributed by atoms with Crippen LogP contribution in [-0.4, -0.2) is 93.0 Å². The molecule has 2 aromatic rings. The summed E-state index contributed by atoms with van der Waals surface area (Å²) in [7, 11) is 5.14. The van der Waals surface area contributed by atoms with Crippen molar-refractivity contribution in [3.8, 4) is 11.1 Å². The second-order valence-corrected chi connectivity index (χ2v) is 8.78. The normalized spacial score (nSPS) is 13.1. The Kier molecular flexibility index (Phi) is 9.22. The first-order chi connectivity index (χ1) is 16.8. The highest BCUT2D eigenvalue weighted by Gasteiger charge is 2.29. The van der Waals surface area contributed by atoms with Crippen LogP contribution in [0.3, 0.4) is 0 Å². The monoisotopic (exact) mass is 483 g/mol. The van der Waals surface area contributed by atoms with Crippen molar-refractivity contribution in [2.24, 2.45) is 0 Å². The topological polar surface area (TPSA) is 108 Å². The summed E-state index contributed by atoms with van der Waals surface area (Å²) < 4.78 is 10.9. The van der Waals surface area contributed by atoms with Gasteiger partial charge in [0, 0.05) is 32.7 Å². The van der Waals surface area contributed by atoms with Crippen molar-refractivity contribution >= 4 is 18.0 Å². The van der Waals surface area contributed by atoms with Crippen LogP contribution in [0.2, 0.25) is 0 Å². The number of carboxylic acid groups (broad SMARTS) is 1. The summed E-state index contributed by atoms with van der Waals surface area (Å²) in [6.45, 7) is 0.687. The van der Waals surface area contributed by atoms with E-state index in [0.717, 1.165) is 22.3 Å². The highest BCUT2D eigenvalue weighted by atomic mass is 16.5. The molecule has 0 aliphatic heterocycles. The van der Waals surface area contributed by atoms with Crippen molar-refractivity contribution in [1.82, 2.24) is 15.1 Å². The zero-order chi connectivity index (χ0) is 25.4. The Balaban J connectivity index is 1.52. The molecule has 0 aromatic heterocycles. The van der Waals surface area contributed by atoms with Gasteiger partial charge in [-0.15, -0.1) is 0 Å². The zero-order valence-corrected chi connectivity index (χ0v) is 20.4. The number of nitrogens with zero attached hydrogens (tertiary/aromatic N) is 2. The molecular formula is C26H33N3O6. The fourth-order valence-electron chi connectivity index (χ4n) is 4.19. The Hall–Kier alpha value is -3.43. The van der Waals surface area contributed by atoms with Gasteiger partial charge >= 0.3 is 12.1 Å². The van der Waals surface area contributed by atoms with E-state index < -0.39 is 18.2 Å². The molecule has 2 N–H and O–H groups in total. The third-order valence-corrected chi connectivity index (χ3v) is 6.05. The van der Waals surface area contributed by atoms with E-state index >= 15 is 0 Å². The number of carboxylic acids is 1. The van der Waals surface area contributed by atoms with Crippen LogP contribution >= 0.6 is 0 Å². The third kappa shape index (κ3) is 7.03. The first kappa shape index (κ1) is 26.2. The number of ether oxygens (including phenoxy) is 2. The molecule has 9 heteroatoms. The molecule has 0 heterocycles. The number of carbonyl (C=O) groups excluding carboxylic acids is 2. The van der Waals surface area contributed by atoms with Crippen molar-refractivity contribution in [3.63, 3.8) is 0 Å². The molecule has 0 fully saturated rings. The van der Waals surface area contributed by atoms with Crippen LogP contribution in [0.25, 0.3) is 11.1 Å². The number of rotatable bonds is 12. The van der Waals surface area contributed by atoms with E-state index in [9.17, 15) is 14.4 Å². The van der Waals surface area contributed by atoms with E-state index in [2.05, 4.69) is 17.4 Å². The maximum Gasteiger partial charge on any atom is 0.407 e. The predicted molar refractivity (Wildman–Crippen MR) is 131 cm³/mol. The molecule has 0 spiro atoms. The molecule has 3 rings (SSSR count). The van der Waals surface area contributed by atoms with Crippen LogP contribution in [-0.2, 0) is 19.1 Å². The third-order valence-electron chi connectivity index (χ3n) is 6.05. The predicted octanol–water partition coefficient (Wildman–Crippen LogP) is 2.41. The largest absolute Gasteiger partial charge is 0.480 e. The summed E-state index contributed by atoms with van der Waals surface area (Å²) >= 11 is 0. The number of likely N-dealkylation sites (N-methyl/N-ethyl adjacent to an activating group) is 1. The highest BCUT2D eigenvalue weighted by molar-refractivity contribution is 5.82. The van der Waals surface area contributed by atoms with Crippen LogP contribution in [0, 0.1) is 0 Å². The van der Waals surface area contributed by atoms with E-state index in [1.54, 1.807) is 0 Å². The standard InChI is InChI=1S/C26H33N3O6/c1-28(2)12-13-29(16-25(31)32)24(30)14-18(34-3)15-27-26(33)35-17-23-21-10-6-4-8-19(21)20-9-5-7-11-22(20)23/h4-11,18,23H,12-17H2,1-3H3,(H,27,33)(H,31,32). The van der Waals surface area contributed by atoms with Crippen LogP contribution < -0.4 is 5.32 Å². The van der Waals surface area contributed by atoms with Gasteiger partial charge in [0.05, 0.1) is 12.5 Å². The number of benzene rings is 2. The Bertz CT molecular complexity index is 996. The van der Waals surface area contributed by atoms with Gasteiger partial charge in [0.2, 0.25) is 5.91 Å². The fraction of sp³-hybridized carbons (Fsp3) is 0.423. The molecule has 9 nitrogen and oxygen atoms in total. The molecule has 2 aromatic carbocycles. The van der Waals surface area contributed by atoms with Gasteiger partial charge in [0.25, 0.3) is 0 Å². The smallest absolute Gasteiger partial charge is 0.407 e. The molecule has 35 heavy (non-hydrogen) atoms. The number of hydrogen-bond donors (Lipinski definition) is 2. The van der Waals surface area contributed by atoms with Crippen molar-refractivity contribution in [2.45, 2.75) is 18.4 Å². The van der Waals surface area contributed by atoms with Gasteiger partial charge in [-0.3, -0.25) is 9.59 Å². The molecule has 1 aliphatic rings. The van der Waals surface area contributed by atoms with Gasteiger partial charge in [-0.25, -0.2) is 4.79 Å². The lowest BCUT2D eigenvalue weighted by Crippen LogP contribution is -2.43. The Morgan fingerprint density at radius 1 is 1.00 bits per heavy atom. The summed E-state index contributed by atoms with van der Waals surface area (Å²) in [5.41, 5.74) is 4.54. The molecule has 0 saturated carbocycles. The quantitative estimate of drug-likeness (QED) is 0.477. The maximum atomic E-state index is 12.7. The Morgan fingerprint density at radius 2 is 1.60 bits per heavy atom. The van der Waals surface area contributed by atoms with Gasteiger partial charge in [-0.1, -0.05) is 48.5 Å². The minimum atomic E-state index is -1.08. The molecule has 1 unspecified atom stereocenters. The zero-order valence-electron chi connectivity index (χ0n) is 20.4. The number of methoxy groups -OCH3 is 1. The van der Waals surface area contributed by atoms with Gasteiger partial charge in [-0.2, -0.15) is 0 Å². The second-order valence-electron chi connectivity index (χ2n) is 8.78. The lowest BCUT2D eigenvalue weighted by molar-refractivity contribution is -0.145. The molecule has 1 aliphatic carbocycles. The van der Waals surface area contributed by atoms with Gasteiger partial charge in [-0.05, 0) is 36.3 Å². The van der Waals surface area contributed by atoms with Crippen LogP contribution in [0.5, 0.6) is 0 Å². The molecule has 0 saturated heterocycles. The van der Waals surface area contributed by atoms with Crippen molar-refractivity contribution in [3.05, 3.63) is 59.7 Å². The Morgan fingerprint density at radius 3 is 2.14 bits per heavy atom. The lowest BCUT2D eigenvalue weighted by atomic mass is 9.98. The summed E-state index contributed by atoms with van der Waals surface area (Å²) in [4.78, 5) is 39.4. The number of hydrogen-bond acceptors (Lipinski definition) is 6. The number of carbonyl (C=O) groups is 3. The summed E-state index contributed by atoms with van der Waals surface area (Å²) in [6.07, 6.45) is -1.27. The lowest BCUT2D eigenvalue weighted by Gasteiger charge is -2.25. The number of fused-ring (bicyclic) bond motifs is 3. The summed E-state index contributed by atoms with van der Waals surface area (Å²) in [5, 5.41) is 11.8. The van der Waals surface area contributed by atoms with E-state index in [1.165, 1.54) is 12.0 Å². The summed E-state index contributed by atoms with van der Waals surface area (Å²) in [5.74, 6) is -1.48. The van der Waals surface area contributed by atoms with Gasteiger partial charge < -0.3 is 29.7 Å². The number of alkyl carbamates (subject to hydrolysis) is 1. The first-order valence-corrected chi connectivity index (χ1v) is 11.6. The minimum absolute atomic E-state index is 0.0470.